The first-order valence-electron chi connectivity index (χ1n) is 7.49. The zero-order valence-electron chi connectivity index (χ0n) is 13.9. The third kappa shape index (κ3) is 4.73. The summed E-state index contributed by atoms with van der Waals surface area (Å²) < 4.78 is 5.56. The fraction of sp³-hybridized carbons (Fsp3) is 0.167. The van der Waals surface area contributed by atoms with E-state index in [1.54, 1.807) is 25.1 Å². The van der Waals surface area contributed by atoms with Gasteiger partial charge in [0.1, 0.15) is 5.75 Å². The summed E-state index contributed by atoms with van der Waals surface area (Å²) in [6.07, 6.45) is -0.937. The lowest BCUT2D eigenvalue weighted by molar-refractivity contribution is -0.255. The van der Waals surface area contributed by atoms with Crippen molar-refractivity contribution in [1.29, 1.82) is 0 Å². The number of carbonyl (C=O) groups is 3. The summed E-state index contributed by atoms with van der Waals surface area (Å²) in [5.74, 6) is -3.30. The molecular formula is C18H14ClNO6-2. The van der Waals surface area contributed by atoms with E-state index in [-0.39, 0.29) is 5.69 Å². The number of halogens is 1. The molecule has 0 aromatic heterocycles. The number of benzene rings is 2. The van der Waals surface area contributed by atoms with Gasteiger partial charge >= 0.3 is 0 Å². The van der Waals surface area contributed by atoms with Gasteiger partial charge in [0, 0.05) is 10.7 Å². The Morgan fingerprint density at radius 3 is 2.12 bits per heavy atom. The molecule has 2 aromatic rings. The number of aromatic carboxylic acids is 2. The number of hydrogen-bond acceptors (Lipinski definition) is 6. The van der Waals surface area contributed by atoms with Crippen LogP contribution in [0.1, 0.15) is 33.2 Å². The van der Waals surface area contributed by atoms with Crippen LogP contribution in [0.3, 0.4) is 0 Å². The number of nitrogens with one attached hydrogen (secondary N) is 1. The second-order valence-electron chi connectivity index (χ2n) is 5.53. The third-order valence-corrected chi connectivity index (χ3v) is 3.72. The molecule has 0 aliphatic rings. The van der Waals surface area contributed by atoms with Crippen molar-refractivity contribution in [2.45, 2.75) is 20.0 Å². The number of anilines is 1. The molecule has 136 valence electrons. The van der Waals surface area contributed by atoms with Gasteiger partial charge in [0.2, 0.25) is 0 Å². The van der Waals surface area contributed by atoms with Crippen LogP contribution in [0, 0.1) is 6.92 Å². The third-order valence-electron chi connectivity index (χ3n) is 3.48. The van der Waals surface area contributed by atoms with Gasteiger partial charge in [0.05, 0.1) is 11.9 Å². The number of carboxylic acids is 2. The van der Waals surface area contributed by atoms with E-state index in [0.29, 0.717) is 10.8 Å². The van der Waals surface area contributed by atoms with Gasteiger partial charge in [0.25, 0.3) is 5.91 Å². The Hall–Kier alpha value is -3.06. The van der Waals surface area contributed by atoms with E-state index in [9.17, 15) is 24.6 Å². The van der Waals surface area contributed by atoms with Gasteiger partial charge in [-0.2, -0.15) is 0 Å². The Bertz CT molecular complexity index is 848. The molecule has 8 heteroatoms. The highest BCUT2D eigenvalue weighted by molar-refractivity contribution is 6.30. The fourth-order valence-electron chi connectivity index (χ4n) is 2.17. The molecule has 0 saturated heterocycles. The topological polar surface area (TPSA) is 119 Å². The quantitative estimate of drug-likeness (QED) is 0.797. The minimum absolute atomic E-state index is 0.0285. The van der Waals surface area contributed by atoms with E-state index in [4.69, 9.17) is 16.3 Å². The highest BCUT2D eigenvalue weighted by atomic mass is 35.5. The van der Waals surface area contributed by atoms with E-state index in [2.05, 4.69) is 5.32 Å². The normalized spacial score (nSPS) is 11.5. The molecule has 0 radical (unpaired) electrons. The van der Waals surface area contributed by atoms with Crippen LogP contribution in [-0.2, 0) is 4.79 Å². The van der Waals surface area contributed by atoms with Crippen LogP contribution >= 0.6 is 11.6 Å². The summed E-state index contributed by atoms with van der Waals surface area (Å²) in [6, 6.07) is 7.96. The average Bonchev–Trinajstić information content (AvgIpc) is 2.56. The smallest absolute Gasteiger partial charge is 0.265 e. The predicted octanol–water partition coefficient (Wildman–Crippen LogP) is 0.781. The standard InChI is InChI=1S/C18H16ClNO6/c1-9-5-13(19)3-4-15(9)26-10(2)16(21)20-14-7-11(17(22)23)6-12(8-14)18(24)25/h3-8,10H,1-2H3,(H,20,21)(H,22,23)(H,24,25)/p-2/t10-/m1/s1. The van der Waals surface area contributed by atoms with Crippen molar-refractivity contribution >= 4 is 35.1 Å². The molecule has 2 aromatic carbocycles. The highest BCUT2D eigenvalue weighted by Crippen LogP contribution is 2.23. The molecule has 0 unspecified atom stereocenters. The predicted molar refractivity (Wildman–Crippen MR) is 90.0 cm³/mol. The Morgan fingerprint density at radius 1 is 1.04 bits per heavy atom. The molecule has 0 aliphatic heterocycles. The summed E-state index contributed by atoms with van der Waals surface area (Å²) in [7, 11) is 0. The first-order valence-corrected chi connectivity index (χ1v) is 7.86. The first-order chi connectivity index (χ1) is 12.2. The zero-order valence-corrected chi connectivity index (χ0v) is 14.6. The molecular weight excluding hydrogens is 362 g/mol. The maximum atomic E-state index is 12.3. The van der Waals surface area contributed by atoms with Gasteiger partial charge in [-0.1, -0.05) is 11.6 Å². The van der Waals surface area contributed by atoms with E-state index < -0.39 is 35.1 Å². The molecule has 1 atom stereocenters. The number of aryl methyl sites for hydroxylation is 1. The largest absolute Gasteiger partial charge is 0.545 e. The second-order valence-corrected chi connectivity index (χ2v) is 5.97. The molecule has 0 heterocycles. The van der Waals surface area contributed by atoms with Crippen LogP contribution in [0.15, 0.2) is 36.4 Å². The molecule has 0 spiro atoms. The highest BCUT2D eigenvalue weighted by Gasteiger charge is 2.17. The lowest BCUT2D eigenvalue weighted by atomic mass is 10.1. The fourth-order valence-corrected chi connectivity index (χ4v) is 2.40. The Kier molecular flexibility index (Phi) is 5.84. The number of carbonyl (C=O) groups excluding carboxylic acids is 3. The van der Waals surface area contributed by atoms with Crippen molar-refractivity contribution < 1.29 is 29.3 Å². The van der Waals surface area contributed by atoms with Gasteiger partial charge in [-0.3, -0.25) is 4.79 Å². The maximum absolute atomic E-state index is 12.3. The number of amides is 1. The van der Waals surface area contributed by atoms with E-state index in [1.165, 1.54) is 6.92 Å². The minimum Gasteiger partial charge on any atom is -0.545 e. The second kappa shape index (κ2) is 7.88. The first kappa shape index (κ1) is 19.3. The van der Waals surface area contributed by atoms with Crippen molar-refractivity contribution in [1.82, 2.24) is 0 Å². The van der Waals surface area contributed by atoms with Crippen molar-refractivity contribution in [2.75, 3.05) is 5.32 Å². The number of rotatable bonds is 6. The molecule has 0 fully saturated rings. The summed E-state index contributed by atoms with van der Waals surface area (Å²) in [5, 5.41) is 24.9. The molecule has 1 N–H and O–H groups in total. The van der Waals surface area contributed by atoms with Crippen LogP contribution in [-0.4, -0.2) is 23.9 Å². The molecule has 7 nitrogen and oxygen atoms in total. The summed E-state index contributed by atoms with van der Waals surface area (Å²) >= 11 is 5.86. The van der Waals surface area contributed by atoms with Gasteiger partial charge in [-0.05, 0) is 66.9 Å². The van der Waals surface area contributed by atoms with Crippen molar-refractivity contribution in [2.24, 2.45) is 0 Å². The molecule has 0 saturated carbocycles. The van der Waals surface area contributed by atoms with Crippen molar-refractivity contribution in [3.05, 3.63) is 58.1 Å². The van der Waals surface area contributed by atoms with Crippen LogP contribution < -0.4 is 20.3 Å². The number of ether oxygens (including phenoxy) is 1. The maximum Gasteiger partial charge on any atom is 0.265 e. The Labute approximate surface area is 154 Å². The van der Waals surface area contributed by atoms with Gasteiger partial charge in [-0.25, -0.2) is 0 Å². The van der Waals surface area contributed by atoms with Crippen molar-refractivity contribution in [3.8, 4) is 5.75 Å². The molecule has 0 bridgehead atoms. The van der Waals surface area contributed by atoms with Crippen LogP contribution in [0.2, 0.25) is 5.02 Å². The van der Waals surface area contributed by atoms with Gasteiger partial charge < -0.3 is 29.9 Å². The lowest BCUT2D eigenvalue weighted by Crippen LogP contribution is -2.31. The zero-order chi connectivity index (χ0) is 19.4. The SMILES string of the molecule is Cc1cc(Cl)ccc1O[C@H](C)C(=O)Nc1cc(C(=O)[O-])cc(C(=O)[O-])c1. The van der Waals surface area contributed by atoms with Crippen LogP contribution in [0.25, 0.3) is 0 Å². The van der Waals surface area contributed by atoms with E-state index in [0.717, 1.165) is 23.8 Å². The Morgan fingerprint density at radius 2 is 1.62 bits per heavy atom. The molecule has 1 amide bonds. The summed E-state index contributed by atoms with van der Waals surface area (Å²) in [4.78, 5) is 34.2. The lowest BCUT2D eigenvalue weighted by Gasteiger charge is -2.17. The van der Waals surface area contributed by atoms with Crippen LogP contribution in [0.4, 0.5) is 5.69 Å². The van der Waals surface area contributed by atoms with Crippen molar-refractivity contribution in [3.63, 3.8) is 0 Å². The van der Waals surface area contributed by atoms with Gasteiger partial charge in [-0.15, -0.1) is 0 Å². The number of hydrogen-bond donors (Lipinski definition) is 1. The Balaban J connectivity index is 2.17. The van der Waals surface area contributed by atoms with Gasteiger partial charge in [0.15, 0.2) is 6.10 Å². The molecule has 26 heavy (non-hydrogen) atoms. The molecule has 2 rings (SSSR count). The van der Waals surface area contributed by atoms with Crippen LogP contribution in [0.5, 0.6) is 5.75 Å². The average molecular weight is 376 g/mol. The number of carboxylic acid groups (broad SMARTS) is 2. The monoisotopic (exact) mass is 375 g/mol. The van der Waals surface area contributed by atoms with E-state index in [1.807, 2.05) is 0 Å². The van der Waals surface area contributed by atoms with E-state index >= 15 is 0 Å². The summed E-state index contributed by atoms with van der Waals surface area (Å²) in [6.45, 7) is 3.26. The molecule has 0 aliphatic carbocycles. The summed E-state index contributed by atoms with van der Waals surface area (Å²) in [5.41, 5.74) is -0.0947. The minimum atomic E-state index is -1.58.